The van der Waals surface area contributed by atoms with Crippen molar-refractivity contribution in [3.63, 3.8) is 0 Å². The van der Waals surface area contributed by atoms with Gasteiger partial charge in [0.25, 0.3) is 0 Å². The van der Waals surface area contributed by atoms with Crippen LogP contribution in [-0.4, -0.2) is 13.1 Å². The highest BCUT2D eigenvalue weighted by molar-refractivity contribution is 9.10. The summed E-state index contributed by atoms with van der Waals surface area (Å²) in [7, 11) is 1.36. The summed E-state index contributed by atoms with van der Waals surface area (Å²) in [4.78, 5) is 11.7. The molecule has 0 aliphatic rings. The molecule has 5 heteroatoms. The molecule has 0 aliphatic carbocycles. The van der Waals surface area contributed by atoms with Crippen LogP contribution in [0.2, 0.25) is 5.02 Å². The van der Waals surface area contributed by atoms with Crippen LogP contribution in [0, 0.1) is 5.41 Å². The molecular formula is C12H15BrClNO2. The molecule has 1 aromatic rings. The van der Waals surface area contributed by atoms with Gasteiger partial charge in [0.1, 0.15) is 0 Å². The number of nitrogens with two attached hydrogens (primary N) is 1. The number of methoxy groups -OCH3 is 1. The van der Waals surface area contributed by atoms with Crippen molar-refractivity contribution in [3.05, 3.63) is 33.3 Å². The molecule has 17 heavy (non-hydrogen) atoms. The highest BCUT2D eigenvalue weighted by Crippen LogP contribution is 2.35. The Bertz CT molecular complexity index is 435. The lowest BCUT2D eigenvalue weighted by atomic mass is 9.81. The second-order valence-corrected chi connectivity index (χ2v) is 5.63. The normalized spacial score (nSPS) is 13.3. The maximum atomic E-state index is 11.7. The van der Waals surface area contributed by atoms with E-state index in [1.807, 2.05) is 12.1 Å². The highest BCUT2D eigenvalue weighted by atomic mass is 79.9. The van der Waals surface area contributed by atoms with Gasteiger partial charge in [-0.1, -0.05) is 17.7 Å². The van der Waals surface area contributed by atoms with E-state index in [1.165, 1.54) is 7.11 Å². The number of hydrogen-bond acceptors (Lipinski definition) is 3. The van der Waals surface area contributed by atoms with Crippen molar-refractivity contribution in [2.24, 2.45) is 11.1 Å². The molecule has 94 valence electrons. The van der Waals surface area contributed by atoms with E-state index in [0.717, 1.165) is 10.0 Å². The summed E-state index contributed by atoms with van der Waals surface area (Å²) >= 11 is 9.24. The summed E-state index contributed by atoms with van der Waals surface area (Å²) in [6.07, 6.45) is 0. The second kappa shape index (κ2) is 5.38. The smallest absolute Gasteiger partial charge is 0.313 e. The van der Waals surface area contributed by atoms with Gasteiger partial charge in [-0.25, -0.2) is 0 Å². The molecule has 0 fully saturated rings. The van der Waals surface area contributed by atoms with Gasteiger partial charge in [-0.2, -0.15) is 0 Å². The van der Waals surface area contributed by atoms with Gasteiger partial charge < -0.3 is 10.5 Å². The van der Waals surface area contributed by atoms with Gasteiger partial charge >= 0.3 is 5.97 Å². The molecule has 1 aromatic carbocycles. The lowest BCUT2D eigenvalue weighted by Gasteiger charge is -2.29. The van der Waals surface area contributed by atoms with Crippen LogP contribution in [0.1, 0.15) is 25.5 Å². The Hall–Kier alpha value is -0.580. The van der Waals surface area contributed by atoms with Gasteiger partial charge in [0.2, 0.25) is 0 Å². The van der Waals surface area contributed by atoms with Crippen molar-refractivity contribution >= 4 is 33.5 Å². The molecule has 0 amide bonds. The summed E-state index contributed by atoms with van der Waals surface area (Å²) in [5, 5.41) is 0.608. The lowest BCUT2D eigenvalue weighted by molar-refractivity contribution is -0.152. The maximum Gasteiger partial charge on any atom is 0.313 e. The molecule has 0 spiro atoms. The van der Waals surface area contributed by atoms with Crippen molar-refractivity contribution in [3.8, 4) is 0 Å². The van der Waals surface area contributed by atoms with E-state index >= 15 is 0 Å². The number of ether oxygens (including phenoxy) is 1. The van der Waals surface area contributed by atoms with Gasteiger partial charge in [0, 0.05) is 10.5 Å². The zero-order chi connectivity index (χ0) is 13.2. The Morgan fingerprint density at radius 3 is 2.59 bits per heavy atom. The summed E-state index contributed by atoms with van der Waals surface area (Å²) in [6, 6.07) is 4.91. The van der Waals surface area contributed by atoms with E-state index < -0.39 is 11.5 Å². The van der Waals surface area contributed by atoms with E-state index in [2.05, 4.69) is 15.9 Å². The number of hydrogen-bond donors (Lipinski definition) is 1. The Morgan fingerprint density at radius 1 is 1.53 bits per heavy atom. The molecule has 1 rings (SSSR count). The van der Waals surface area contributed by atoms with E-state index in [0.29, 0.717) is 5.02 Å². The molecule has 1 atom stereocenters. The van der Waals surface area contributed by atoms with Crippen LogP contribution in [-0.2, 0) is 9.53 Å². The number of halogens is 2. The monoisotopic (exact) mass is 319 g/mol. The number of esters is 1. The number of carbonyl (C=O) groups is 1. The molecule has 0 aliphatic heterocycles. The lowest BCUT2D eigenvalue weighted by Crippen LogP contribution is -2.37. The van der Waals surface area contributed by atoms with Gasteiger partial charge in [0.15, 0.2) is 0 Å². The molecule has 0 radical (unpaired) electrons. The third-order valence-corrected chi connectivity index (χ3v) is 4.01. The van der Waals surface area contributed by atoms with Crippen LogP contribution in [0.5, 0.6) is 0 Å². The van der Waals surface area contributed by atoms with Crippen molar-refractivity contribution in [1.29, 1.82) is 0 Å². The molecule has 3 nitrogen and oxygen atoms in total. The zero-order valence-corrected chi connectivity index (χ0v) is 12.3. The Labute approximate surface area is 114 Å². The predicted molar refractivity (Wildman–Crippen MR) is 71.9 cm³/mol. The third kappa shape index (κ3) is 3.00. The van der Waals surface area contributed by atoms with Crippen molar-refractivity contribution < 1.29 is 9.53 Å². The standard InChI is InChI=1S/C12H15BrClNO2/c1-12(2,11(16)17-3)10(15)7-4-5-9(14)8(13)6-7/h4-6,10H,15H2,1-3H3/t10-/m1/s1. The summed E-state index contributed by atoms with van der Waals surface area (Å²) in [5.74, 6) is -0.337. The molecule has 2 N–H and O–H groups in total. The van der Waals surface area contributed by atoms with E-state index in [9.17, 15) is 4.79 Å². The molecule has 0 aromatic heterocycles. The van der Waals surface area contributed by atoms with E-state index in [1.54, 1.807) is 19.9 Å². The molecular weight excluding hydrogens is 305 g/mol. The summed E-state index contributed by atoms with van der Waals surface area (Å²) in [6.45, 7) is 3.51. The first-order valence-corrected chi connectivity index (χ1v) is 6.26. The fraction of sp³-hybridized carbons (Fsp3) is 0.417. The Balaban J connectivity index is 3.07. The van der Waals surface area contributed by atoms with Crippen LogP contribution >= 0.6 is 27.5 Å². The van der Waals surface area contributed by atoms with Crippen LogP contribution in [0.3, 0.4) is 0 Å². The predicted octanol–water partition coefficient (Wildman–Crippen LogP) is 3.30. The zero-order valence-electron chi connectivity index (χ0n) is 9.96. The van der Waals surface area contributed by atoms with Crippen LogP contribution in [0.25, 0.3) is 0 Å². The minimum absolute atomic E-state index is 0.337. The fourth-order valence-corrected chi connectivity index (χ4v) is 2.03. The third-order valence-electron chi connectivity index (χ3n) is 2.79. The van der Waals surface area contributed by atoms with E-state index in [-0.39, 0.29) is 5.97 Å². The Morgan fingerprint density at radius 2 is 2.12 bits per heavy atom. The average molecular weight is 321 g/mol. The van der Waals surface area contributed by atoms with Crippen molar-refractivity contribution in [2.45, 2.75) is 19.9 Å². The molecule has 0 saturated heterocycles. The minimum Gasteiger partial charge on any atom is -0.469 e. The topological polar surface area (TPSA) is 52.3 Å². The quantitative estimate of drug-likeness (QED) is 0.869. The summed E-state index contributed by atoms with van der Waals surface area (Å²) in [5.41, 5.74) is 6.14. The van der Waals surface area contributed by atoms with Crippen LogP contribution in [0.4, 0.5) is 0 Å². The molecule has 0 heterocycles. The molecule has 0 unspecified atom stereocenters. The Kier molecular flexibility index (Phi) is 4.58. The SMILES string of the molecule is COC(=O)C(C)(C)[C@H](N)c1ccc(Cl)c(Br)c1. The fourth-order valence-electron chi connectivity index (χ4n) is 1.51. The van der Waals surface area contributed by atoms with Crippen molar-refractivity contribution in [2.75, 3.05) is 7.11 Å². The molecule has 0 saturated carbocycles. The van der Waals surface area contributed by atoms with Gasteiger partial charge in [-0.05, 0) is 47.5 Å². The number of carbonyl (C=O) groups excluding carboxylic acids is 1. The first-order chi connectivity index (χ1) is 7.80. The van der Waals surface area contributed by atoms with E-state index in [4.69, 9.17) is 22.1 Å². The largest absolute Gasteiger partial charge is 0.469 e. The minimum atomic E-state index is -0.790. The second-order valence-electron chi connectivity index (χ2n) is 4.36. The van der Waals surface area contributed by atoms with Crippen LogP contribution in [0.15, 0.2) is 22.7 Å². The first kappa shape index (κ1) is 14.5. The van der Waals surface area contributed by atoms with Crippen molar-refractivity contribution in [1.82, 2.24) is 0 Å². The summed E-state index contributed by atoms with van der Waals surface area (Å²) < 4.78 is 5.51. The van der Waals surface area contributed by atoms with Crippen LogP contribution < -0.4 is 5.73 Å². The first-order valence-electron chi connectivity index (χ1n) is 5.09. The molecule has 0 bridgehead atoms. The average Bonchev–Trinajstić information content (AvgIpc) is 2.30. The maximum absolute atomic E-state index is 11.7. The van der Waals surface area contributed by atoms with Gasteiger partial charge in [-0.3, -0.25) is 4.79 Å². The number of benzene rings is 1. The van der Waals surface area contributed by atoms with Gasteiger partial charge in [0.05, 0.1) is 17.5 Å². The highest BCUT2D eigenvalue weighted by Gasteiger charge is 2.36. The van der Waals surface area contributed by atoms with Gasteiger partial charge in [-0.15, -0.1) is 0 Å². The number of rotatable bonds is 3.